The predicted molar refractivity (Wildman–Crippen MR) is 70.4 cm³/mol. The quantitative estimate of drug-likeness (QED) is 0.652. The molecule has 96 valence electrons. The second-order valence-electron chi connectivity index (χ2n) is 3.72. The highest BCUT2D eigenvalue weighted by Crippen LogP contribution is 2.23. The Kier molecular flexibility index (Phi) is 5.97. The first-order valence-corrected chi connectivity index (χ1v) is 7.21. The third-order valence-corrected chi connectivity index (χ3v) is 4.66. The van der Waals surface area contributed by atoms with Crippen molar-refractivity contribution in [3.8, 4) is 0 Å². The molecule has 0 bridgehead atoms. The van der Waals surface area contributed by atoms with Crippen molar-refractivity contribution < 1.29 is 15.0 Å². The lowest BCUT2D eigenvalue weighted by atomic mass is 9.99. The third-order valence-electron chi connectivity index (χ3n) is 2.53. The molecule has 0 spiro atoms. The minimum atomic E-state index is -0.896. The molecule has 0 unspecified atom stereocenters. The molecule has 0 aliphatic rings. The number of carbonyl (C=O) groups is 1. The van der Waals surface area contributed by atoms with E-state index in [-0.39, 0.29) is 19.1 Å². The van der Waals surface area contributed by atoms with Crippen LogP contribution in [0.3, 0.4) is 0 Å². The summed E-state index contributed by atoms with van der Waals surface area (Å²) in [5.41, 5.74) is -0.896. The molecule has 0 aliphatic carbocycles. The minimum absolute atomic E-state index is 0.173. The molecule has 1 rings (SSSR count). The van der Waals surface area contributed by atoms with E-state index in [1.807, 2.05) is 24.4 Å². The molecule has 1 heterocycles. The Morgan fingerprint density at radius 2 is 2.24 bits per heavy atom. The first-order valence-electron chi connectivity index (χ1n) is 5.35. The molecule has 1 aromatic rings. The van der Waals surface area contributed by atoms with E-state index in [0.717, 1.165) is 4.21 Å². The number of rotatable bonds is 7. The fourth-order valence-electron chi connectivity index (χ4n) is 1.26. The average molecular weight is 275 g/mol. The Morgan fingerprint density at radius 3 is 2.71 bits per heavy atom. The molecule has 1 aromatic heterocycles. The van der Waals surface area contributed by atoms with Crippen molar-refractivity contribution in [1.29, 1.82) is 0 Å². The van der Waals surface area contributed by atoms with Crippen molar-refractivity contribution in [3.63, 3.8) is 0 Å². The van der Waals surface area contributed by atoms with Crippen LogP contribution in [0.4, 0.5) is 0 Å². The summed E-state index contributed by atoms with van der Waals surface area (Å²) in [6, 6.07) is 3.89. The van der Waals surface area contributed by atoms with Crippen LogP contribution in [-0.2, 0) is 4.79 Å². The van der Waals surface area contributed by atoms with Crippen LogP contribution in [0.1, 0.15) is 13.3 Å². The van der Waals surface area contributed by atoms with Crippen LogP contribution in [0.5, 0.6) is 0 Å². The lowest BCUT2D eigenvalue weighted by Crippen LogP contribution is -2.54. The molecule has 0 fully saturated rings. The largest absolute Gasteiger partial charge is 0.394 e. The number of aliphatic hydroxyl groups excluding tert-OH is 2. The monoisotopic (exact) mass is 275 g/mol. The maximum absolute atomic E-state index is 11.7. The van der Waals surface area contributed by atoms with Gasteiger partial charge in [-0.2, -0.15) is 0 Å². The van der Waals surface area contributed by atoms with E-state index in [0.29, 0.717) is 12.2 Å². The standard InChI is InChI=1S/C11H17NO3S2/c1-2-11(7-13,8-14)12-9(15)6-17-10-4-3-5-16-10/h3-5,13-14H,2,6-8H2,1H3,(H,12,15). The van der Waals surface area contributed by atoms with Gasteiger partial charge in [0.05, 0.1) is 28.7 Å². The molecule has 0 aromatic carbocycles. The highest BCUT2D eigenvalue weighted by atomic mass is 32.2. The lowest BCUT2D eigenvalue weighted by Gasteiger charge is -2.29. The van der Waals surface area contributed by atoms with Crippen LogP contribution >= 0.6 is 23.1 Å². The van der Waals surface area contributed by atoms with Gasteiger partial charge in [0.15, 0.2) is 0 Å². The van der Waals surface area contributed by atoms with Crippen molar-refractivity contribution in [3.05, 3.63) is 17.5 Å². The Labute approximate surface area is 109 Å². The van der Waals surface area contributed by atoms with E-state index in [2.05, 4.69) is 5.32 Å². The van der Waals surface area contributed by atoms with Crippen LogP contribution in [0.15, 0.2) is 21.7 Å². The van der Waals surface area contributed by atoms with Crippen LogP contribution in [-0.4, -0.2) is 40.6 Å². The Bertz CT molecular complexity index is 328. The topological polar surface area (TPSA) is 69.6 Å². The SMILES string of the molecule is CCC(CO)(CO)NC(=O)CSc1cccs1. The van der Waals surface area contributed by atoms with E-state index >= 15 is 0 Å². The highest BCUT2D eigenvalue weighted by Gasteiger charge is 2.28. The third kappa shape index (κ3) is 4.31. The fourth-order valence-corrected chi connectivity index (χ4v) is 2.84. The fraction of sp³-hybridized carbons (Fsp3) is 0.545. The van der Waals surface area contributed by atoms with Gasteiger partial charge in [0, 0.05) is 0 Å². The molecule has 0 aliphatic heterocycles. The van der Waals surface area contributed by atoms with Gasteiger partial charge in [-0.15, -0.1) is 23.1 Å². The first-order chi connectivity index (χ1) is 8.15. The smallest absolute Gasteiger partial charge is 0.230 e. The Balaban J connectivity index is 2.42. The summed E-state index contributed by atoms with van der Waals surface area (Å²) in [5.74, 6) is 0.121. The maximum Gasteiger partial charge on any atom is 0.230 e. The minimum Gasteiger partial charge on any atom is -0.394 e. The van der Waals surface area contributed by atoms with E-state index < -0.39 is 5.54 Å². The number of thiophene rings is 1. The molecule has 17 heavy (non-hydrogen) atoms. The second-order valence-corrected chi connectivity index (χ2v) is 5.94. The zero-order chi connectivity index (χ0) is 12.7. The van der Waals surface area contributed by atoms with Gasteiger partial charge in [0.25, 0.3) is 0 Å². The molecule has 1 amide bonds. The van der Waals surface area contributed by atoms with Crippen LogP contribution in [0.2, 0.25) is 0 Å². The van der Waals surface area contributed by atoms with Gasteiger partial charge in [0.1, 0.15) is 0 Å². The molecule has 6 heteroatoms. The van der Waals surface area contributed by atoms with Crippen molar-refractivity contribution >= 4 is 29.0 Å². The van der Waals surface area contributed by atoms with E-state index in [1.165, 1.54) is 11.8 Å². The van der Waals surface area contributed by atoms with Gasteiger partial charge in [0.2, 0.25) is 5.91 Å². The van der Waals surface area contributed by atoms with Gasteiger partial charge in [-0.25, -0.2) is 0 Å². The normalized spacial score (nSPS) is 11.5. The van der Waals surface area contributed by atoms with Crippen LogP contribution in [0, 0.1) is 0 Å². The molecule has 0 saturated heterocycles. The number of carbonyl (C=O) groups excluding carboxylic acids is 1. The summed E-state index contributed by atoms with van der Waals surface area (Å²) in [4.78, 5) is 11.7. The predicted octanol–water partition coefficient (Wildman–Crippen LogP) is 1.09. The summed E-state index contributed by atoms with van der Waals surface area (Å²) >= 11 is 3.03. The number of amides is 1. The number of aliphatic hydroxyl groups is 2. The molecule has 0 saturated carbocycles. The molecular formula is C11H17NO3S2. The van der Waals surface area contributed by atoms with Gasteiger partial charge in [-0.05, 0) is 17.9 Å². The number of hydrogen-bond acceptors (Lipinski definition) is 5. The lowest BCUT2D eigenvalue weighted by molar-refractivity contribution is -0.121. The average Bonchev–Trinajstić information content (AvgIpc) is 2.87. The summed E-state index contributed by atoms with van der Waals surface area (Å²) in [7, 11) is 0. The molecule has 0 atom stereocenters. The number of hydrogen-bond donors (Lipinski definition) is 3. The van der Waals surface area contributed by atoms with Gasteiger partial charge in [-0.3, -0.25) is 4.79 Å². The maximum atomic E-state index is 11.7. The van der Waals surface area contributed by atoms with E-state index in [9.17, 15) is 15.0 Å². The van der Waals surface area contributed by atoms with Gasteiger partial charge >= 0.3 is 0 Å². The highest BCUT2D eigenvalue weighted by molar-refractivity contribution is 8.01. The van der Waals surface area contributed by atoms with Crippen LogP contribution in [0.25, 0.3) is 0 Å². The first kappa shape index (κ1) is 14.5. The summed E-state index contributed by atoms with van der Waals surface area (Å²) in [6.45, 7) is 1.31. The zero-order valence-corrected chi connectivity index (χ0v) is 11.3. The number of thioether (sulfide) groups is 1. The van der Waals surface area contributed by atoms with E-state index in [4.69, 9.17) is 0 Å². The van der Waals surface area contributed by atoms with E-state index in [1.54, 1.807) is 11.3 Å². The van der Waals surface area contributed by atoms with Crippen molar-refractivity contribution in [2.24, 2.45) is 0 Å². The van der Waals surface area contributed by atoms with Crippen molar-refractivity contribution in [2.45, 2.75) is 23.1 Å². The van der Waals surface area contributed by atoms with Crippen molar-refractivity contribution in [1.82, 2.24) is 5.32 Å². The Hall–Kier alpha value is -0.560. The van der Waals surface area contributed by atoms with Gasteiger partial charge < -0.3 is 15.5 Å². The number of nitrogens with one attached hydrogen (secondary N) is 1. The second kappa shape index (κ2) is 7.00. The van der Waals surface area contributed by atoms with Gasteiger partial charge in [-0.1, -0.05) is 13.0 Å². The molecule has 0 radical (unpaired) electrons. The summed E-state index contributed by atoms with van der Waals surface area (Å²) in [6.07, 6.45) is 0.495. The molecule has 3 N–H and O–H groups in total. The molecule has 4 nitrogen and oxygen atoms in total. The summed E-state index contributed by atoms with van der Waals surface area (Å²) < 4.78 is 1.08. The van der Waals surface area contributed by atoms with Crippen molar-refractivity contribution in [2.75, 3.05) is 19.0 Å². The Morgan fingerprint density at radius 1 is 1.53 bits per heavy atom. The molecular weight excluding hydrogens is 258 g/mol. The summed E-state index contributed by atoms with van der Waals surface area (Å²) in [5, 5.41) is 23.0. The van der Waals surface area contributed by atoms with Crippen LogP contribution < -0.4 is 5.32 Å². The zero-order valence-electron chi connectivity index (χ0n) is 9.68.